The number of aliphatic hydroxyl groups is 2. The molecular formula is C21H23NO5. The van der Waals surface area contributed by atoms with Gasteiger partial charge in [-0.3, -0.25) is 9.69 Å². The fourth-order valence-electron chi connectivity index (χ4n) is 3.05. The van der Waals surface area contributed by atoms with Gasteiger partial charge >= 0.3 is 5.97 Å². The smallest absolute Gasteiger partial charge is 0.307 e. The largest absolute Gasteiger partial charge is 0.488 e. The van der Waals surface area contributed by atoms with Gasteiger partial charge in [-0.15, -0.1) is 0 Å². The lowest BCUT2D eigenvalue weighted by Crippen LogP contribution is -2.43. The molecule has 0 saturated heterocycles. The van der Waals surface area contributed by atoms with Gasteiger partial charge in [0.25, 0.3) is 0 Å². The van der Waals surface area contributed by atoms with Crippen molar-refractivity contribution in [3.8, 4) is 5.75 Å². The fourth-order valence-corrected chi connectivity index (χ4v) is 3.05. The molecule has 2 aromatic rings. The van der Waals surface area contributed by atoms with Gasteiger partial charge in [0.1, 0.15) is 12.4 Å². The number of hydrogen-bond acceptors (Lipinski definition) is 5. The van der Waals surface area contributed by atoms with Crippen molar-refractivity contribution in [1.29, 1.82) is 0 Å². The maximum Gasteiger partial charge on any atom is 0.307 e. The first-order valence-corrected chi connectivity index (χ1v) is 8.66. The van der Waals surface area contributed by atoms with Crippen molar-refractivity contribution in [3.63, 3.8) is 0 Å². The molecule has 3 rings (SSSR count). The minimum Gasteiger partial charge on any atom is -0.488 e. The number of rotatable bonds is 5. The summed E-state index contributed by atoms with van der Waals surface area (Å²) < 4.78 is 5.92. The average Bonchev–Trinajstić information content (AvgIpc) is 2.76. The maximum absolute atomic E-state index is 11.1. The molecule has 1 heterocycles. The van der Waals surface area contributed by atoms with Gasteiger partial charge in [-0.05, 0) is 48.5 Å². The number of ether oxygens (including phenoxy) is 1. The Hall–Kier alpha value is -2.67. The van der Waals surface area contributed by atoms with E-state index in [1.807, 2.05) is 24.3 Å². The number of carbonyl (C=O) groups is 1. The highest BCUT2D eigenvalue weighted by atomic mass is 16.5. The highest BCUT2D eigenvalue weighted by molar-refractivity contribution is 5.85. The number of benzene rings is 2. The van der Waals surface area contributed by atoms with Crippen LogP contribution in [0.15, 0.2) is 48.5 Å². The van der Waals surface area contributed by atoms with Crippen LogP contribution in [0.1, 0.15) is 28.7 Å². The van der Waals surface area contributed by atoms with Crippen LogP contribution < -0.4 is 4.74 Å². The summed E-state index contributed by atoms with van der Waals surface area (Å²) in [6, 6.07) is 13.1. The lowest BCUT2D eigenvalue weighted by atomic mass is 9.92. The number of nitrogens with zero attached hydrogens (tertiary/aromatic N) is 1. The molecule has 0 bridgehead atoms. The highest BCUT2D eigenvalue weighted by Gasteiger charge is 2.26. The van der Waals surface area contributed by atoms with Gasteiger partial charge in [0.15, 0.2) is 0 Å². The van der Waals surface area contributed by atoms with Crippen LogP contribution in [-0.2, 0) is 17.8 Å². The molecule has 3 N–H and O–H groups in total. The monoisotopic (exact) mass is 369 g/mol. The second kappa shape index (κ2) is 7.52. The molecule has 27 heavy (non-hydrogen) atoms. The minimum atomic E-state index is -1.99. The zero-order valence-electron chi connectivity index (χ0n) is 15.3. The molecule has 1 aliphatic rings. The third kappa shape index (κ3) is 4.19. The highest BCUT2D eigenvalue weighted by Crippen LogP contribution is 2.38. The Morgan fingerprint density at radius 3 is 2.63 bits per heavy atom. The van der Waals surface area contributed by atoms with Gasteiger partial charge in [-0.2, -0.15) is 0 Å². The van der Waals surface area contributed by atoms with Crippen LogP contribution in [0, 0.1) is 0 Å². The van der Waals surface area contributed by atoms with E-state index in [-0.39, 0.29) is 12.8 Å². The summed E-state index contributed by atoms with van der Waals surface area (Å²) in [4.78, 5) is 12.4. The van der Waals surface area contributed by atoms with E-state index in [1.165, 1.54) is 4.90 Å². The molecule has 142 valence electrons. The van der Waals surface area contributed by atoms with E-state index in [9.17, 15) is 15.0 Å². The summed E-state index contributed by atoms with van der Waals surface area (Å²) in [5, 5.41) is 29.5. The van der Waals surface area contributed by atoms with E-state index in [1.54, 1.807) is 38.4 Å². The van der Waals surface area contributed by atoms with E-state index in [0.29, 0.717) is 17.9 Å². The number of carboxylic acids is 1. The molecule has 0 amide bonds. The Bertz CT molecular complexity index is 886. The first kappa shape index (κ1) is 19.1. The molecule has 0 unspecified atom stereocenters. The van der Waals surface area contributed by atoms with Crippen LogP contribution in [0.25, 0.3) is 5.57 Å². The Balaban J connectivity index is 2.13. The normalized spacial score (nSPS) is 15.1. The number of aliphatic carboxylic acids is 1. The summed E-state index contributed by atoms with van der Waals surface area (Å²) in [6.07, 6.45) is 1.65. The van der Waals surface area contributed by atoms with E-state index < -0.39 is 11.9 Å². The second-order valence-corrected chi connectivity index (χ2v) is 6.84. The van der Waals surface area contributed by atoms with E-state index >= 15 is 0 Å². The van der Waals surface area contributed by atoms with Crippen LogP contribution >= 0.6 is 0 Å². The van der Waals surface area contributed by atoms with Gasteiger partial charge < -0.3 is 20.1 Å². The zero-order chi connectivity index (χ0) is 19.6. The topological polar surface area (TPSA) is 90.2 Å². The molecule has 1 aliphatic heterocycles. The third-order valence-corrected chi connectivity index (χ3v) is 4.68. The fraction of sp³-hybridized carbons (Fsp3) is 0.286. The van der Waals surface area contributed by atoms with Gasteiger partial charge in [-0.1, -0.05) is 36.4 Å². The summed E-state index contributed by atoms with van der Waals surface area (Å²) in [7, 11) is 3.17. The van der Waals surface area contributed by atoms with Crippen molar-refractivity contribution < 1.29 is 24.9 Å². The van der Waals surface area contributed by atoms with Crippen LogP contribution in [0.2, 0.25) is 0 Å². The predicted molar refractivity (Wildman–Crippen MR) is 101 cm³/mol. The summed E-state index contributed by atoms with van der Waals surface area (Å²) >= 11 is 0. The van der Waals surface area contributed by atoms with Crippen LogP contribution in [0.5, 0.6) is 5.75 Å². The van der Waals surface area contributed by atoms with E-state index in [2.05, 4.69) is 0 Å². The second-order valence-electron chi connectivity index (χ2n) is 6.84. The molecule has 0 spiro atoms. The molecule has 6 nitrogen and oxygen atoms in total. The van der Waals surface area contributed by atoms with Gasteiger partial charge in [0.2, 0.25) is 5.91 Å². The predicted octanol–water partition coefficient (Wildman–Crippen LogP) is 2.23. The van der Waals surface area contributed by atoms with Gasteiger partial charge in [-0.25, -0.2) is 0 Å². The Kier molecular flexibility index (Phi) is 5.32. The molecule has 0 fully saturated rings. The molecule has 2 aromatic carbocycles. The Morgan fingerprint density at radius 2 is 1.93 bits per heavy atom. The van der Waals surface area contributed by atoms with Crippen molar-refractivity contribution in [1.82, 2.24) is 4.90 Å². The van der Waals surface area contributed by atoms with Gasteiger partial charge in [0, 0.05) is 12.0 Å². The summed E-state index contributed by atoms with van der Waals surface area (Å²) in [6.45, 7) is 0.385. The van der Waals surface area contributed by atoms with Crippen molar-refractivity contribution in [2.75, 3.05) is 14.1 Å². The molecule has 0 radical (unpaired) electrons. The first-order chi connectivity index (χ1) is 12.8. The first-order valence-electron chi connectivity index (χ1n) is 8.66. The van der Waals surface area contributed by atoms with Crippen LogP contribution in [-0.4, -0.2) is 46.2 Å². The zero-order valence-corrected chi connectivity index (χ0v) is 15.3. The number of carboxylic acid groups (broad SMARTS) is 1. The molecule has 0 saturated carbocycles. The number of fused-ring (bicyclic) bond motifs is 2. The lowest BCUT2D eigenvalue weighted by Gasteiger charge is -2.28. The van der Waals surface area contributed by atoms with Crippen LogP contribution in [0.3, 0.4) is 0 Å². The van der Waals surface area contributed by atoms with E-state index in [4.69, 9.17) is 9.84 Å². The Labute approximate surface area is 157 Å². The molecule has 0 atom stereocenters. The van der Waals surface area contributed by atoms with E-state index in [0.717, 1.165) is 22.3 Å². The molecule has 0 aliphatic carbocycles. The molecule has 6 heteroatoms. The quantitative estimate of drug-likeness (QED) is 0.701. The minimum absolute atomic E-state index is 0.0216. The summed E-state index contributed by atoms with van der Waals surface area (Å²) in [5.41, 5.74) is 4.10. The van der Waals surface area contributed by atoms with Crippen LogP contribution in [0.4, 0.5) is 0 Å². The average molecular weight is 369 g/mol. The van der Waals surface area contributed by atoms with Crippen molar-refractivity contribution in [3.05, 3.63) is 70.8 Å². The van der Waals surface area contributed by atoms with Crippen molar-refractivity contribution >= 4 is 11.5 Å². The SMILES string of the molecule is CN(C)C(O)(O)CC=C1c2ccccc2COc2ccc(CC(=O)O)cc21. The standard InChI is InChI=1S/C21H23NO5/c1-22(2)21(25,26)10-9-17-16-6-4-3-5-15(16)13-27-19-8-7-14(11-18(17)19)12-20(23)24/h3-9,11,25-26H,10,12-13H2,1-2H3,(H,23,24). The molecule has 0 aromatic heterocycles. The van der Waals surface area contributed by atoms with Crippen molar-refractivity contribution in [2.24, 2.45) is 0 Å². The molecular weight excluding hydrogens is 346 g/mol. The lowest BCUT2D eigenvalue weighted by molar-refractivity contribution is -0.245. The van der Waals surface area contributed by atoms with Gasteiger partial charge in [0.05, 0.1) is 6.42 Å². The maximum atomic E-state index is 11.1. The number of hydrogen-bond donors (Lipinski definition) is 3. The summed E-state index contributed by atoms with van der Waals surface area (Å²) in [5.74, 6) is -2.26. The van der Waals surface area contributed by atoms with Crippen molar-refractivity contribution in [2.45, 2.75) is 25.4 Å². The third-order valence-electron chi connectivity index (χ3n) is 4.68. The Morgan fingerprint density at radius 1 is 1.19 bits per heavy atom.